The molecule has 1 rings (SSSR count). The Bertz CT molecular complexity index is 439. The van der Waals surface area contributed by atoms with E-state index in [9.17, 15) is 13.6 Å². The third-order valence-electron chi connectivity index (χ3n) is 2.74. The lowest BCUT2D eigenvalue weighted by atomic mass is 10.2. The number of carbonyl (C=O) groups excluding carboxylic acids is 1. The van der Waals surface area contributed by atoms with Gasteiger partial charge in [-0.05, 0) is 25.0 Å². The van der Waals surface area contributed by atoms with Crippen molar-refractivity contribution in [1.82, 2.24) is 5.32 Å². The maximum absolute atomic E-state index is 12.8. The maximum Gasteiger partial charge on any atom is 0.277 e. The number of nitrogens with two attached hydrogens (primary N) is 1. The Morgan fingerprint density at radius 3 is 2.75 bits per heavy atom. The summed E-state index contributed by atoms with van der Waals surface area (Å²) in [5, 5.41) is 2.16. The molecule has 0 spiro atoms. The summed E-state index contributed by atoms with van der Waals surface area (Å²) in [5.74, 6) is -2.71. The number of amides is 1. The summed E-state index contributed by atoms with van der Waals surface area (Å²) in [6, 6.07) is 7.55. The fourth-order valence-corrected chi connectivity index (χ4v) is 1.52. The minimum atomic E-state index is -3.05. The first-order valence-electron chi connectivity index (χ1n) is 6.47. The summed E-state index contributed by atoms with van der Waals surface area (Å²) in [5.41, 5.74) is 5.88. The number of benzene rings is 1. The number of hydrogen-bond acceptors (Lipinski definition) is 3. The van der Waals surface area contributed by atoms with Crippen molar-refractivity contribution in [3.05, 3.63) is 29.8 Å². The van der Waals surface area contributed by atoms with Gasteiger partial charge < -0.3 is 15.8 Å². The summed E-state index contributed by atoms with van der Waals surface area (Å²) in [4.78, 5) is 11.3. The van der Waals surface area contributed by atoms with E-state index in [-0.39, 0.29) is 6.42 Å². The van der Waals surface area contributed by atoms with Gasteiger partial charge in [0.05, 0.1) is 19.7 Å². The minimum absolute atomic E-state index is 0.145. The summed E-state index contributed by atoms with van der Waals surface area (Å²) in [6.07, 6.45) is 0.612. The van der Waals surface area contributed by atoms with Gasteiger partial charge in [-0.15, -0.1) is 0 Å². The SMILES string of the molecule is Cc1ccccc1OCCCC(=O)NCC(F)(F)CN. The number of para-hydroxylation sites is 1. The Labute approximate surface area is 117 Å². The van der Waals surface area contributed by atoms with Gasteiger partial charge in [0, 0.05) is 6.42 Å². The molecule has 1 amide bonds. The zero-order chi connectivity index (χ0) is 15.0. The van der Waals surface area contributed by atoms with Gasteiger partial charge in [-0.3, -0.25) is 4.79 Å². The predicted octanol–water partition coefficient (Wildman–Crippen LogP) is 1.86. The van der Waals surface area contributed by atoms with Gasteiger partial charge >= 0.3 is 0 Å². The molecule has 0 saturated heterocycles. The van der Waals surface area contributed by atoms with Crippen LogP contribution in [0.3, 0.4) is 0 Å². The van der Waals surface area contributed by atoms with Gasteiger partial charge in [0.15, 0.2) is 0 Å². The van der Waals surface area contributed by atoms with Crippen molar-refractivity contribution in [3.63, 3.8) is 0 Å². The molecule has 0 bridgehead atoms. The molecule has 0 saturated carbocycles. The van der Waals surface area contributed by atoms with E-state index in [2.05, 4.69) is 5.32 Å². The van der Waals surface area contributed by atoms with Crippen molar-refractivity contribution in [2.45, 2.75) is 25.7 Å². The Morgan fingerprint density at radius 1 is 1.40 bits per heavy atom. The minimum Gasteiger partial charge on any atom is -0.493 e. The number of carbonyl (C=O) groups is 1. The third-order valence-corrected chi connectivity index (χ3v) is 2.74. The van der Waals surface area contributed by atoms with E-state index in [1.54, 1.807) is 0 Å². The summed E-state index contributed by atoms with van der Waals surface area (Å²) in [6.45, 7) is 0.799. The van der Waals surface area contributed by atoms with Crippen molar-refractivity contribution >= 4 is 5.91 Å². The molecule has 1 aromatic carbocycles. The quantitative estimate of drug-likeness (QED) is 0.717. The molecule has 0 aliphatic heterocycles. The highest BCUT2D eigenvalue weighted by molar-refractivity contribution is 5.75. The largest absolute Gasteiger partial charge is 0.493 e. The van der Waals surface area contributed by atoms with Crippen LogP contribution in [-0.4, -0.2) is 31.5 Å². The highest BCUT2D eigenvalue weighted by Crippen LogP contribution is 2.16. The van der Waals surface area contributed by atoms with Crippen LogP contribution in [0.15, 0.2) is 24.3 Å². The van der Waals surface area contributed by atoms with E-state index in [4.69, 9.17) is 10.5 Å². The number of alkyl halides is 2. The first kappa shape index (κ1) is 16.4. The van der Waals surface area contributed by atoms with Crippen molar-refractivity contribution in [2.75, 3.05) is 19.7 Å². The van der Waals surface area contributed by atoms with E-state index >= 15 is 0 Å². The number of hydrogen-bond donors (Lipinski definition) is 2. The molecule has 0 heterocycles. The second-order valence-electron chi connectivity index (χ2n) is 4.55. The summed E-state index contributed by atoms with van der Waals surface area (Å²) >= 11 is 0. The molecule has 0 fully saturated rings. The lowest BCUT2D eigenvalue weighted by Crippen LogP contribution is -2.41. The molecule has 0 aliphatic rings. The Morgan fingerprint density at radius 2 is 2.10 bits per heavy atom. The number of halogens is 2. The normalized spacial score (nSPS) is 11.2. The molecule has 0 atom stereocenters. The Kier molecular flexibility index (Phi) is 6.38. The fraction of sp³-hybridized carbons (Fsp3) is 0.500. The van der Waals surface area contributed by atoms with Crippen LogP contribution in [-0.2, 0) is 4.79 Å². The van der Waals surface area contributed by atoms with Gasteiger partial charge in [-0.1, -0.05) is 18.2 Å². The van der Waals surface area contributed by atoms with Crippen molar-refractivity contribution in [3.8, 4) is 5.75 Å². The lowest BCUT2D eigenvalue weighted by Gasteiger charge is -2.14. The van der Waals surface area contributed by atoms with Crippen molar-refractivity contribution in [1.29, 1.82) is 0 Å². The number of aryl methyl sites for hydroxylation is 1. The van der Waals surface area contributed by atoms with E-state index < -0.39 is 24.9 Å². The average Bonchev–Trinajstić information content (AvgIpc) is 2.43. The molecule has 0 unspecified atom stereocenters. The van der Waals surface area contributed by atoms with E-state index in [1.165, 1.54) is 0 Å². The highest BCUT2D eigenvalue weighted by Gasteiger charge is 2.26. The monoisotopic (exact) mass is 286 g/mol. The van der Waals surface area contributed by atoms with Gasteiger partial charge in [-0.2, -0.15) is 0 Å². The number of rotatable bonds is 8. The highest BCUT2D eigenvalue weighted by atomic mass is 19.3. The first-order chi connectivity index (χ1) is 9.44. The molecule has 0 radical (unpaired) electrons. The average molecular weight is 286 g/mol. The van der Waals surface area contributed by atoms with Crippen LogP contribution in [0.2, 0.25) is 0 Å². The molecule has 20 heavy (non-hydrogen) atoms. The fourth-order valence-electron chi connectivity index (χ4n) is 1.52. The van der Waals surface area contributed by atoms with Crippen LogP contribution in [0.4, 0.5) is 8.78 Å². The van der Waals surface area contributed by atoms with E-state index in [1.807, 2.05) is 31.2 Å². The third kappa shape index (κ3) is 5.97. The molecule has 6 heteroatoms. The number of nitrogens with one attached hydrogen (secondary N) is 1. The molecular formula is C14H20F2N2O2. The van der Waals surface area contributed by atoms with Gasteiger partial charge in [-0.25, -0.2) is 8.78 Å². The summed E-state index contributed by atoms with van der Waals surface area (Å²) in [7, 11) is 0. The van der Waals surface area contributed by atoms with Crippen LogP contribution in [0.5, 0.6) is 5.75 Å². The second kappa shape index (κ2) is 7.79. The number of ether oxygens (including phenoxy) is 1. The molecule has 0 aliphatic carbocycles. The lowest BCUT2D eigenvalue weighted by molar-refractivity contribution is -0.123. The van der Waals surface area contributed by atoms with E-state index in [0.29, 0.717) is 13.0 Å². The standard InChI is InChI=1S/C14H20F2N2O2/c1-11-5-2-3-6-12(11)20-8-4-7-13(19)18-10-14(15,16)9-17/h2-3,5-6H,4,7-10,17H2,1H3,(H,18,19). The Balaban J connectivity index is 2.18. The molecule has 3 N–H and O–H groups in total. The zero-order valence-corrected chi connectivity index (χ0v) is 11.5. The van der Waals surface area contributed by atoms with Crippen LogP contribution >= 0.6 is 0 Å². The predicted molar refractivity (Wildman–Crippen MR) is 72.9 cm³/mol. The molecular weight excluding hydrogens is 266 g/mol. The van der Waals surface area contributed by atoms with Crippen LogP contribution in [0.1, 0.15) is 18.4 Å². The van der Waals surface area contributed by atoms with Crippen LogP contribution in [0, 0.1) is 6.92 Å². The van der Waals surface area contributed by atoms with Crippen LogP contribution < -0.4 is 15.8 Å². The smallest absolute Gasteiger partial charge is 0.277 e. The summed E-state index contributed by atoms with van der Waals surface area (Å²) < 4.78 is 31.1. The molecule has 1 aromatic rings. The molecule has 112 valence electrons. The zero-order valence-electron chi connectivity index (χ0n) is 11.5. The van der Waals surface area contributed by atoms with Crippen molar-refractivity contribution < 1.29 is 18.3 Å². The van der Waals surface area contributed by atoms with Crippen LogP contribution in [0.25, 0.3) is 0 Å². The molecule has 0 aromatic heterocycles. The van der Waals surface area contributed by atoms with Crippen molar-refractivity contribution in [2.24, 2.45) is 5.73 Å². The maximum atomic E-state index is 12.8. The van der Waals surface area contributed by atoms with Gasteiger partial charge in [0.2, 0.25) is 5.91 Å². The van der Waals surface area contributed by atoms with Gasteiger partial charge in [0.25, 0.3) is 5.92 Å². The topological polar surface area (TPSA) is 64.3 Å². The molecule has 4 nitrogen and oxygen atoms in total. The van der Waals surface area contributed by atoms with E-state index in [0.717, 1.165) is 11.3 Å². The van der Waals surface area contributed by atoms with Gasteiger partial charge in [0.1, 0.15) is 5.75 Å². The Hall–Kier alpha value is -1.69. The first-order valence-corrected chi connectivity index (χ1v) is 6.47. The second-order valence-corrected chi connectivity index (χ2v) is 4.55.